The van der Waals surface area contributed by atoms with Crippen molar-refractivity contribution in [3.63, 3.8) is 0 Å². The summed E-state index contributed by atoms with van der Waals surface area (Å²) in [6.07, 6.45) is -0.141. The lowest BCUT2D eigenvalue weighted by Gasteiger charge is -2.02. The van der Waals surface area contributed by atoms with Gasteiger partial charge < -0.3 is 5.32 Å². The third kappa shape index (κ3) is 3.50. The first-order valence-corrected chi connectivity index (χ1v) is 4.39. The Kier molecular flexibility index (Phi) is 3.88. The van der Waals surface area contributed by atoms with E-state index in [0.717, 1.165) is 5.56 Å². The second-order valence-corrected chi connectivity index (χ2v) is 2.92. The minimum atomic E-state index is -0.306. The summed E-state index contributed by atoms with van der Waals surface area (Å²) >= 11 is 0. The molecule has 0 fully saturated rings. The second kappa shape index (κ2) is 5.41. The Morgan fingerprint density at radius 2 is 2.20 bits per heavy atom. The van der Waals surface area contributed by atoms with Gasteiger partial charge in [-0.05, 0) is 17.7 Å². The van der Waals surface area contributed by atoms with Gasteiger partial charge in [0.25, 0.3) is 0 Å². The van der Waals surface area contributed by atoms with E-state index in [-0.39, 0.29) is 12.3 Å². The van der Waals surface area contributed by atoms with Crippen molar-refractivity contribution in [1.82, 2.24) is 5.32 Å². The third-order valence-electron chi connectivity index (χ3n) is 1.79. The van der Waals surface area contributed by atoms with Crippen molar-refractivity contribution in [2.24, 2.45) is 0 Å². The van der Waals surface area contributed by atoms with Gasteiger partial charge in [0.15, 0.2) is 0 Å². The lowest BCUT2D eigenvalue weighted by atomic mass is 10.1. The van der Waals surface area contributed by atoms with Gasteiger partial charge in [0.2, 0.25) is 5.91 Å². The first-order chi connectivity index (χ1) is 7.26. The quantitative estimate of drug-likeness (QED) is 0.791. The highest BCUT2D eigenvalue weighted by atomic mass is 16.1. The maximum absolute atomic E-state index is 11.0. The average molecular weight is 199 g/mol. The molecule has 0 aliphatic carbocycles. The predicted octanol–water partition coefficient (Wildman–Crippen LogP) is 1.09. The monoisotopic (exact) mass is 199 g/mol. The summed E-state index contributed by atoms with van der Waals surface area (Å²) in [5.74, 6) is -0.306. The van der Waals surface area contributed by atoms with E-state index in [2.05, 4.69) is 5.32 Å². The highest BCUT2D eigenvalue weighted by Crippen LogP contribution is 2.03. The summed E-state index contributed by atoms with van der Waals surface area (Å²) in [6, 6.07) is 10.7. The van der Waals surface area contributed by atoms with Crippen LogP contribution in [0.3, 0.4) is 0 Å². The molecule has 1 N–H and O–H groups in total. The van der Waals surface area contributed by atoms with E-state index in [1.165, 1.54) is 0 Å². The Bertz CT molecular complexity index is 440. The minimum Gasteiger partial charge on any atom is -0.351 e. The van der Waals surface area contributed by atoms with Crippen LogP contribution in [0, 0.1) is 22.7 Å². The van der Waals surface area contributed by atoms with Crippen molar-refractivity contribution in [1.29, 1.82) is 10.5 Å². The number of carbonyl (C=O) groups is 1. The number of rotatable bonds is 3. The fourth-order valence-electron chi connectivity index (χ4n) is 1.09. The van der Waals surface area contributed by atoms with E-state index in [1.54, 1.807) is 24.3 Å². The molecule has 0 atom stereocenters. The first kappa shape index (κ1) is 10.7. The van der Waals surface area contributed by atoms with E-state index in [9.17, 15) is 4.79 Å². The van der Waals surface area contributed by atoms with Gasteiger partial charge in [0.1, 0.15) is 6.42 Å². The highest BCUT2D eigenvalue weighted by molar-refractivity contribution is 5.77. The Morgan fingerprint density at radius 1 is 1.40 bits per heavy atom. The van der Waals surface area contributed by atoms with Crippen LogP contribution >= 0.6 is 0 Å². The Morgan fingerprint density at radius 3 is 2.87 bits per heavy atom. The van der Waals surface area contributed by atoms with Crippen molar-refractivity contribution in [2.45, 2.75) is 13.0 Å². The van der Waals surface area contributed by atoms with Crippen LogP contribution in [0.5, 0.6) is 0 Å². The van der Waals surface area contributed by atoms with Crippen LogP contribution in [-0.2, 0) is 11.3 Å². The Labute approximate surface area is 87.8 Å². The molecule has 0 aliphatic rings. The topological polar surface area (TPSA) is 76.7 Å². The zero-order valence-electron chi connectivity index (χ0n) is 8.03. The van der Waals surface area contributed by atoms with E-state index in [0.29, 0.717) is 12.1 Å². The van der Waals surface area contributed by atoms with Gasteiger partial charge in [-0.2, -0.15) is 10.5 Å². The van der Waals surface area contributed by atoms with Gasteiger partial charge in [-0.25, -0.2) is 0 Å². The molecule has 1 amide bonds. The van der Waals surface area contributed by atoms with E-state index >= 15 is 0 Å². The van der Waals surface area contributed by atoms with E-state index < -0.39 is 0 Å². The summed E-state index contributed by atoms with van der Waals surface area (Å²) in [5, 5.41) is 19.5. The molecule has 1 aromatic carbocycles. The zero-order valence-corrected chi connectivity index (χ0v) is 8.03. The Balaban J connectivity index is 2.55. The molecule has 0 aromatic heterocycles. The maximum atomic E-state index is 11.0. The van der Waals surface area contributed by atoms with Gasteiger partial charge in [-0.3, -0.25) is 4.79 Å². The Hall–Kier alpha value is -2.33. The number of nitrogens with zero attached hydrogens (tertiary/aromatic N) is 2. The fourth-order valence-corrected chi connectivity index (χ4v) is 1.09. The van der Waals surface area contributed by atoms with Crippen LogP contribution in [0.1, 0.15) is 17.5 Å². The number of benzene rings is 1. The number of carbonyl (C=O) groups excluding carboxylic acids is 1. The molecule has 0 spiro atoms. The van der Waals surface area contributed by atoms with Crippen LogP contribution in [0.2, 0.25) is 0 Å². The lowest BCUT2D eigenvalue weighted by Crippen LogP contribution is -2.21. The number of nitriles is 2. The van der Waals surface area contributed by atoms with Crippen LogP contribution in [0.15, 0.2) is 24.3 Å². The zero-order chi connectivity index (χ0) is 11.1. The SMILES string of the molecule is N#CCC(=O)NCc1cccc(C#N)c1. The molecule has 0 heterocycles. The molecule has 0 saturated carbocycles. The number of nitrogens with one attached hydrogen (secondary N) is 1. The number of hydrogen-bond acceptors (Lipinski definition) is 3. The van der Waals surface area contributed by atoms with Crippen LogP contribution in [-0.4, -0.2) is 5.91 Å². The highest BCUT2D eigenvalue weighted by Gasteiger charge is 2.00. The molecule has 0 saturated heterocycles. The predicted molar refractivity (Wildman–Crippen MR) is 53.2 cm³/mol. The summed E-state index contributed by atoms with van der Waals surface area (Å²) in [7, 11) is 0. The van der Waals surface area contributed by atoms with Gasteiger partial charge in [-0.15, -0.1) is 0 Å². The first-order valence-electron chi connectivity index (χ1n) is 4.39. The van der Waals surface area contributed by atoms with Crippen LogP contribution in [0.25, 0.3) is 0 Å². The van der Waals surface area contributed by atoms with Crippen molar-refractivity contribution in [2.75, 3.05) is 0 Å². The smallest absolute Gasteiger partial charge is 0.234 e. The maximum Gasteiger partial charge on any atom is 0.234 e. The largest absolute Gasteiger partial charge is 0.351 e. The molecule has 0 aliphatic heterocycles. The molecular formula is C11H9N3O. The van der Waals surface area contributed by atoms with E-state index in [1.807, 2.05) is 12.1 Å². The normalized spacial score (nSPS) is 8.67. The lowest BCUT2D eigenvalue weighted by molar-refractivity contribution is -0.120. The van der Waals surface area contributed by atoms with Crippen molar-refractivity contribution in [3.05, 3.63) is 35.4 Å². The molecule has 4 heteroatoms. The molecule has 1 rings (SSSR count). The molecule has 1 aromatic rings. The molecular weight excluding hydrogens is 190 g/mol. The number of hydrogen-bond donors (Lipinski definition) is 1. The average Bonchev–Trinajstić information content (AvgIpc) is 2.27. The molecule has 0 bridgehead atoms. The fraction of sp³-hybridized carbons (Fsp3) is 0.182. The summed E-state index contributed by atoms with van der Waals surface area (Å²) < 4.78 is 0. The van der Waals surface area contributed by atoms with E-state index in [4.69, 9.17) is 10.5 Å². The van der Waals surface area contributed by atoms with Gasteiger partial charge in [0.05, 0.1) is 17.7 Å². The molecule has 74 valence electrons. The van der Waals surface area contributed by atoms with Crippen LogP contribution in [0.4, 0.5) is 0 Å². The molecule has 0 radical (unpaired) electrons. The van der Waals surface area contributed by atoms with Gasteiger partial charge >= 0.3 is 0 Å². The third-order valence-corrected chi connectivity index (χ3v) is 1.79. The number of amides is 1. The van der Waals surface area contributed by atoms with Crippen molar-refractivity contribution >= 4 is 5.91 Å². The second-order valence-electron chi connectivity index (χ2n) is 2.92. The van der Waals surface area contributed by atoms with Crippen molar-refractivity contribution < 1.29 is 4.79 Å². The van der Waals surface area contributed by atoms with Gasteiger partial charge in [0, 0.05) is 6.54 Å². The van der Waals surface area contributed by atoms with Crippen LogP contribution < -0.4 is 5.32 Å². The molecule has 4 nitrogen and oxygen atoms in total. The summed E-state index contributed by atoms with van der Waals surface area (Å²) in [4.78, 5) is 11.0. The standard InChI is InChI=1S/C11H9N3O/c12-5-4-11(15)14-8-10-3-1-2-9(6-10)7-13/h1-3,6H,4,8H2,(H,14,15). The summed E-state index contributed by atoms with van der Waals surface area (Å²) in [5.41, 5.74) is 1.40. The molecule has 15 heavy (non-hydrogen) atoms. The van der Waals surface area contributed by atoms with Gasteiger partial charge in [-0.1, -0.05) is 12.1 Å². The summed E-state index contributed by atoms with van der Waals surface area (Å²) in [6.45, 7) is 0.343. The minimum absolute atomic E-state index is 0.141. The van der Waals surface area contributed by atoms with Crippen molar-refractivity contribution in [3.8, 4) is 12.1 Å². The molecule has 0 unspecified atom stereocenters.